The summed E-state index contributed by atoms with van der Waals surface area (Å²) in [6.45, 7) is 4.66. The van der Waals surface area contributed by atoms with Gasteiger partial charge in [0.25, 0.3) is 0 Å². The summed E-state index contributed by atoms with van der Waals surface area (Å²) in [7, 11) is 0. The lowest BCUT2D eigenvalue weighted by Crippen LogP contribution is -2.36. The topological polar surface area (TPSA) is 47.3 Å². The van der Waals surface area contributed by atoms with Gasteiger partial charge in [0.05, 0.1) is 6.61 Å². The molecule has 0 amide bonds. The van der Waals surface area contributed by atoms with Crippen molar-refractivity contribution < 1.29 is 4.74 Å². The van der Waals surface area contributed by atoms with Crippen molar-refractivity contribution >= 4 is 0 Å². The second-order valence-corrected chi connectivity index (χ2v) is 4.87. The Kier molecular flexibility index (Phi) is 4.02. The second kappa shape index (κ2) is 5.52. The van der Waals surface area contributed by atoms with Crippen LogP contribution in [0.25, 0.3) is 0 Å². The maximum absolute atomic E-state index is 6.00. The predicted molar refractivity (Wildman–Crippen MR) is 70.3 cm³/mol. The molecular formula is C14H22N2O. The summed E-state index contributed by atoms with van der Waals surface area (Å²) >= 11 is 0. The molecule has 94 valence electrons. The van der Waals surface area contributed by atoms with Gasteiger partial charge in [-0.05, 0) is 50.4 Å². The Labute approximate surface area is 103 Å². The molecule has 0 aliphatic heterocycles. The average Bonchev–Trinajstić information content (AvgIpc) is 3.06. The highest BCUT2D eigenvalue weighted by Crippen LogP contribution is 2.30. The van der Waals surface area contributed by atoms with Crippen LogP contribution in [0, 0.1) is 0 Å². The van der Waals surface area contributed by atoms with Crippen LogP contribution >= 0.6 is 0 Å². The van der Waals surface area contributed by atoms with Gasteiger partial charge < -0.3 is 15.8 Å². The van der Waals surface area contributed by atoms with Crippen molar-refractivity contribution in [1.29, 1.82) is 0 Å². The van der Waals surface area contributed by atoms with Crippen LogP contribution in [0.3, 0.4) is 0 Å². The maximum atomic E-state index is 6.00. The molecule has 0 unspecified atom stereocenters. The lowest BCUT2D eigenvalue weighted by molar-refractivity contribution is 0.340. The van der Waals surface area contributed by atoms with Crippen molar-refractivity contribution in [2.45, 2.75) is 31.7 Å². The van der Waals surface area contributed by atoms with Gasteiger partial charge in [0.1, 0.15) is 5.75 Å². The van der Waals surface area contributed by atoms with Gasteiger partial charge >= 0.3 is 0 Å². The molecule has 0 spiro atoms. The molecule has 3 heteroatoms. The van der Waals surface area contributed by atoms with Gasteiger partial charge in [-0.25, -0.2) is 0 Å². The van der Waals surface area contributed by atoms with Gasteiger partial charge in [-0.2, -0.15) is 0 Å². The highest BCUT2D eigenvalue weighted by molar-refractivity contribution is 5.27. The van der Waals surface area contributed by atoms with Gasteiger partial charge in [0.15, 0.2) is 0 Å². The van der Waals surface area contributed by atoms with Crippen LogP contribution in [0.15, 0.2) is 24.3 Å². The van der Waals surface area contributed by atoms with Gasteiger partial charge in [0.2, 0.25) is 0 Å². The molecule has 2 rings (SSSR count). The monoisotopic (exact) mass is 234 g/mol. The summed E-state index contributed by atoms with van der Waals surface area (Å²) in [6.07, 6.45) is 3.38. The Morgan fingerprint density at radius 2 is 2.00 bits per heavy atom. The molecule has 17 heavy (non-hydrogen) atoms. The van der Waals surface area contributed by atoms with Crippen LogP contribution < -0.4 is 15.8 Å². The Morgan fingerprint density at radius 3 is 2.59 bits per heavy atom. The molecule has 0 heterocycles. The van der Waals surface area contributed by atoms with Crippen molar-refractivity contribution in [2.75, 3.05) is 19.7 Å². The fourth-order valence-corrected chi connectivity index (χ4v) is 1.83. The molecule has 3 N–H and O–H groups in total. The first-order valence-corrected chi connectivity index (χ1v) is 6.43. The minimum absolute atomic E-state index is 0.110. The molecule has 1 aromatic carbocycles. The van der Waals surface area contributed by atoms with Crippen molar-refractivity contribution in [3.63, 3.8) is 0 Å². The Hall–Kier alpha value is -1.06. The molecule has 0 atom stereocenters. The molecule has 1 saturated carbocycles. The number of ether oxygens (including phenoxy) is 1. The van der Waals surface area contributed by atoms with Crippen molar-refractivity contribution in [2.24, 2.45) is 5.73 Å². The standard InChI is InChI=1S/C14H22N2O/c1-2-17-13-5-3-12(4-6-13)7-10-16-11-14(15)8-9-14/h3-6,16H,2,7-11,15H2,1H3. The van der Waals surface area contributed by atoms with Gasteiger partial charge in [-0.1, -0.05) is 12.1 Å². The zero-order valence-electron chi connectivity index (χ0n) is 10.5. The smallest absolute Gasteiger partial charge is 0.119 e. The van der Waals surface area contributed by atoms with E-state index in [1.807, 2.05) is 19.1 Å². The zero-order chi connectivity index (χ0) is 12.1. The van der Waals surface area contributed by atoms with Gasteiger partial charge in [-0.3, -0.25) is 0 Å². The quantitative estimate of drug-likeness (QED) is 0.706. The Morgan fingerprint density at radius 1 is 1.29 bits per heavy atom. The molecule has 0 saturated heterocycles. The highest BCUT2D eigenvalue weighted by Gasteiger charge is 2.37. The van der Waals surface area contributed by atoms with E-state index < -0.39 is 0 Å². The van der Waals surface area contributed by atoms with E-state index in [0.717, 1.165) is 31.9 Å². The summed E-state index contributed by atoms with van der Waals surface area (Å²) in [4.78, 5) is 0. The van der Waals surface area contributed by atoms with Crippen molar-refractivity contribution in [3.05, 3.63) is 29.8 Å². The first kappa shape index (κ1) is 12.4. The van der Waals surface area contributed by atoms with Crippen LogP contribution in [0.5, 0.6) is 5.75 Å². The molecular weight excluding hydrogens is 212 g/mol. The maximum Gasteiger partial charge on any atom is 0.119 e. The lowest BCUT2D eigenvalue weighted by Gasteiger charge is -2.10. The fourth-order valence-electron chi connectivity index (χ4n) is 1.83. The SMILES string of the molecule is CCOc1ccc(CCNCC2(N)CC2)cc1. The van der Waals surface area contributed by atoms with E-state index >= 15 is 0 Å². The normalized spacial score (nSPS) is 16.8. The minimum atomic E-state index is 0.110. The summed E-state index contributed by atoms with van der Waals surface area (Å²) in [5.74, 6) is 0.947. The molecule has 1 fully saturated rings. The number of hydrogen-bond acceptors (Lipinski definition) is 3. The molecule has 3 nitrogen and oxygen atoms in total. The van der Waals surface area contributed by atoms with Crippen LogP contribution in [0.4, 0.5) is 0 Å². The van der Waals surface area contributed by atoms with Gasteiger partial charge in [-0.15, -0.1) is 0 Å². The number of benzene rings is 1. The van der Waals surface area contributed by atoms with E-state index in [0.29, 0.717) is 0 Å². The molecule has 1 aliphatic carbocycles. The third-order valence-electron chi connectivity index (χ3n) is 3.19. The third kappa shape index (κ3) is 4.02. The lowest BCUT2D eigenvalue weighted by atomic mass is 10.1. The molecule has 0 bridgehead atoms. The van der Waals surface area contributed by atoms with Crippen LogP contribution in [-0.4, -0.2) is 25.2 Å². The summed E-state index contributed by atoms with van der Waals surface area (Å²) in [5, 5.41) is 3.42. The average molecular weight is 234 g/mol. The Bertz CT molecular complexity index is 344. The van der Waals surface area contributed by atoms with Crippen molar-refractivity contribution in [3.8, 4) is 5.75 Å². The van der Waals surface area contributed by atoms with Crippen LogP contribution in [-0.2, 0) is 6.42 Å². The molecule has 1 aromatic rings. The van der Waals surface area contributed by atoms with Crippen LogP contribution in [0.1, 0.15) is 25.3 Å². The first-order chi connectivity index (χ1) is 8.22. The Balaban J connectivity index is 1.67. The van der Waals surface area contributed by atoms with Gasteiger partial charge in [0, 0.05) is 12.1 Å². The third-order valence-corrected chi connectivity index (χ3v) is 3.19. The summed E-state index contributed by atoms with van der Waals surface area (Å²) in [5.41, 5.74) is 7.45. The van der Waals surface area contributed by atoms with E-state index in [4.69, 9.17) is 10.5 Å². The van der Waals surface area contributed by atoms with E-state index in [-0.39, 0.29) is 5.54 Å². The summed E-state index contributed by atoms with van der Waals surface area (Å²) < 4.78 is 5.41. The largest absolute Gasteiger partial charge is 0.494 e. The zero-order valence-corrected chi connectivity index (χ0v) is 10.5. The van der Waals surface area contributed by atoms with Crippen molar-refractivity contribution in [1.82, 2.24) is 5.32 Å². The first-order valence-electron chi connectivity index (χ1n) is 6.43. The van der Waals surface area contributed by atoms with E-state index in [9.17, 15) is 0 Å². The van der Waals surface area contributed by atoms with E-state index in [2.05, 4.69) is 17.4 Å². The fraction of sp³-hybridized carbons (Fsp3) is 0.571. The minimum Gasteiger partial charge on any atom is -0.494 e. The molecule has 0 aromatic heterocycles. The molecule has 0 radical (unpaired) electrons. The molecule has 1 aliphatic rings. The predicted octanol–water partition coefficient (Wildman–Crippen LogP) is 1.71. The number of rotatable bonds is 7. The highest BCUT2D eigenvalue weighted by atomic mass is 16.5. The second-order valence-electron chi connectivity index (χ2n) is 4.87. The number of hydrogen-bond donors (Lipinski definition) is 2. The van der Waals surface area contributed by atoms with Crippen LogP contribution in [0.2, 0.25) is 0 Å². The number of nitrogens with one attached hydrogen (secondary N) is 1. The van der Waals surface area contributed by atoms with E-state index in [1.54, 1.807) is 0 Å². The van der Waals surface area contributed by atoms with E-state index in [1.165, 1.54) is 18.4 Å². The number of nitrogens with two attached hydrogens (primary N) is 1. The summed E-state index contributed by atoms with van der Waals surface area (Å²) in [6, 6.07) is 8.32.